The van der Waals surface area contributed by atoms with Crippen LogP contribution in [0.15, 0.2) is 60.7 Å². The first-order valence-electron chi connectivity index (χ1n) is 22.9. The third-order valence-corrected chi connectivity index (χ3v) is 14.9. The zero-order valence-electron chi connectivity index (χ0n) is 38.1. The van der Waals surface area contributed by atoms with E-state index in [1.807, 2.05) is 55.5 Å². The Bertz CT molecular complexity index is 2430. The lowest BCUT2D eigenvalue weighted by Crippen LogP contribution is -2.59. The van der Waals surface area contributed by atoms with E-state index >= 15 is 4.79 Å². The van der Waals surface area contributed by atoms with Crippen molar-refractivity contribution in [3.63, 3.8) is 0 Å². The second-order valence-electron chi connectivity index (χ2n) is 19.4. The number of fused-ring (bicyclic) bond motifs is 3. The summed E-state index contributed by atoms with van der Waals surface area (Å²) in [6.07, 6.45) is 5.45. The van der Waals surface area contributed by atoms with Crippen LogP contribution in [0.1, 0.15) is 79.6 Å². The Balaban J connectivity index is 1.14. The van der Waals surface area contributed by atoms with Crippen molar-refractivity contribution >= 4 is 50.3 Å². The summed E-state index contributed by atoms with van der Waals surface area (Å²) < 4.78 is 51.9. The third kappa shape index (κ3) is 10.5. The van der Waals surface area contributed by atoms with Gasteiger partial charge < -0.3 is 39.4 Å². The molecule has 2 aromatic carbocycles. The van der Waals surface area contributed by atoms with Crippen LogP contribution in [0.3, 0.4) is 0 Å². The molecule has 0 bridgehead atoms. The zero-order chi connectivity index (χ0) is 46.3. The van der Waals surface area contributed by atoms with Crippen molar-refractivity contribution in [3.05, 3.63) is 60.7 Å². The Morgan fingerprint density at radius 3 is 2.42 bits per heavy atom. The average Bonchev–Trinajstić information content (AvgIpc) is 4.20. The number of anilines is 1. The van der Waals surface area contributed by atoms with E-state index in [1.54, 1.807) is 27.9 Å². The van der Waals surface area contributed by atoms with Gasteiger partial charge in [-0.15, -0.1) is 0 Å². The first-order chi connectivity index (χ1) is 30.9. The highest BCUT2D eigenvalue weighted by atomic mass is 32.2. The number of amides is 4. The van der Waals surface area contributed by atoms with Gasteiger partial charge in [-0.3, -0.25) is 19.1 Å². The fourth-order valence-electron chi connectivity index (χ4n) is 9.32. The van der Waals surface area contributed by atoms with Crippen LogP contribution >= 0.6 is 0 Å². The summed E-state index contributed by atoms with van der Waals surface area (Å²) in [5.74, 6) is -1.70. The monoisotopic (exact) mass is 914 g/mol. The van der Waals surface area contributed by atoms with Gasteiger partial charge in [-0.05, 0) is 113 Å². The minimum Gasteiger partial charge on any atom is -0.497 e. The number of benzene rings is 2. The number of carbonyl (C=O) groups excluding carboxylic acids is 4. The van der Waals surface area contributed by atoms with Gasteiger partial charge >= 0.3 is 6.09 Å². The SMILES string of the molecule is COc1ccc2c(OC3CC4C(=O)NC5(C(=O)NS(=O)(=O)C6CC6)CC5C=CCCC(C)CC(C)C(NC(=O)OC(C)(C)C)C(=O)N4C3)nc(-c3ccc(N4CCOCC4)cc3)cc2c1. The number of nitrogens with one attached hydrogen (secondary N) is 3. The van der Waals surface area contributed by atoms with Crippen molar-refractivity contribution in [1.29, 1.82) is 0 Å². The van der Waals surface area contributed by atoms with E-state index in [1.165, 1.54) is 4.90 Å². The Kier molecular flexibility index (Phi) is 13.1. The highest BCUT2D eigenvalue weighted by Gasteiger charge is 2.62. The molecule has 4 fully saturated rings. The summed E-state index contributed by atoms with van der Waals surface area (Å²) >= 11 is 0. The Morgan fingerprint density at radius 2 is 1.72 bits per heavy atom. The van der Waals surface area contributed by atoms with Gasteiger partial charge in [-0.1, -0.05) is 38.1 Å². The number of hydrogen-bond acceptors (Lipinski definition) is 12. The fraction of sp³-hybridized carbons (Fsp3) is 0.562. The maximum absolute atomic E-state index is 15.1. The molecule has 3 aliphatic heterocycles. The third-order valence-electron chi connectivity index (χ3n) is 13.1. The molecule has 2 aliphatic carbocycles. The van der Waals surface area contributed by atoms with Crippen molar-refractivity contribution in [2.24, 2.45) is 17.8 Å². The highest BCUT2D eigenvalue weighted by Crippen LogP contribution is 2.46. The molecule has 65 heavy (non-hydrogen) atoms. The number of morpholine rings is 1. The second kappa shape index (κ2) is 18.5. The predicted octanol–water partition coefficient (Wildman–Crippen LogP) is 5.48. The molecule has 3 N–H and O–H groups in total. The van der Waals surface area contributed by atoms with E-state index in [-0.39, 0.29) is 37.1 Å². The Hall–Kier alpha value is -5.42. The molecule has 2 saturated carbocycles. The van der Waals surface area contributed by atoms with Gasteiger partial charge in [0.2, 0.25) is 27.7 Å². The molecule has 7 unspecified atom stereocenters. The molecule has 8 rings (SSSR count). The lowest BCUT2D eigenvalue weighted by atomic mass is 9.88. The van der Waals surface area contributed by atoms with Crippen LogP contribution in [0.4, 0.5) is 10.5 Å². The number of pyridine rings is 1. The van der Waals surface area contributed by atoms with E-state index in [4.69, 9.17) is 23.9 Å². The number of sulfonamides is 1. The van der Waals surface area contributed by atoms with E-state index in [2.05, 4.69) is 39.3 Å². The van der Waals surface area contributed by atoms with Crippen LogP contribution in [0, 0.1) is 17.8 Å². The van der Waals surface area contributed by atoms with E-state index in [9.17, 15) is 22.8 Å². The Labute approximate surface area is 381 Å². The molecule has 350 valence electrons. The molecular formula is C48H62N6O10S. The van der Waals surface area contributed by atoms with Crippen LogP contribution in [0.2, 0.25) is 0 Å². The lowest BCUT2D eigenvalue weighted by Gasteiger charge is -2.33. The summed E-state index contributed by atoms with van der Waals surface area (Å²) in [6.45, 7) is 12.1. The van der Waals surface area contributed by atoms with Crippen molar-refractivity contribution < 1.29 is 46.5 Å². The molecule has 17 heteroatoms. The number of rotatable bonds is 9. The minimum absolute atomic E-state index is 0.0118. The molecule has 3 aromatic rings. The van der Waals surface area contributed by atoms with Crippen LogP contribution in [0.5, 0.6) is 11.6 Å². The van der Waals surface area contributed by atoms with Crippen LogP contribution < -0.4 is 29.7 Å². The number of hydrogen-bond donors (Lipinski definition) is 3. The molecule has 4 amide bonds. The van der Waals surface area contributed by atoms with Crippen molar-refractivity contribution in [1.82, 2.24) is 25.2 Å². The summed E-state index contributed by atoms with van der Waals surface area (Å²) in [7, 11) is -2.34. The van der Waals surface area contributed by atoms with Crippen molar-refractivity contribution in [3.8, 4) is 22.9 Å². The van der Waals surface area contributed by atoms with E-state index in [0.29, 0.717) is 55.7 Å². The molecular weight excluding hydrogens is 853 g/mol. The van der Waals surface area contributed by atoms with Gasteiger partial charge in [0.1, 0.15) is 35.1 Å². The predicted molar refractivity (Wildman–Crippen MR) is 245 cm³/mol. The molecule has 2 saturated heterocycles. The van der Waals surface area contributed by atoms with Gasteiger partial charge in [-0.25, -0.2) is 18.2 Å². The normalized spacial score (nSPS) is 27.7. The van der Waals surface area contributed by atoms with Gasteiger partial charge in [0.05, 0.1) is 37.8 Å². The summed E-state index contributed by atoms with van der Waals surface area (Å²) in [5, 5.41) is 6.62. The maximum Gasteiger partial charge on any atom is 0.408 e. The molecule has 0 radical (unpaired) electrons. The average molecular weight is 915 g/mol. The summed E-state index contributed by atoms with van der Waals surface area (Å²) in [4.78, 5) is 66.0. The zero-order valence-corrected chi connectivity index (χ0v) is 38.9. The smallest absolute Gasteiger partial charge is 0.408 e. The topological polar surface area (TPSA) is 195 Å². The van der Waals surface area contributed by atoms with Crippen LogP contribution in [-0.2, 0) is 33.9 Å². The van der Waals surface area contributed by atoms with Crippen LogP contribution in [-0.4, -0.2) is 117 Å². The quantitative estimate of drug-likeness (QED) is 0.229. The number of nitrogens with zero attached hydrogens (tertiary/aromatic N) is 3. The summed E-state index contributed by atoms with van der Waals surface area (Å²) in [6, 6.07) is 13.4. The number of ether oxygens (including phenoxy) is 4. The number of allylic oxidation sites excluding steroid dienone is 1. The molecule has 0 spiro atoms. The van der Waals surface area contributed by atoms with Crippen LogP contribution in [0.25, 0.3) is 22.0 Å². The van der Waals surface area contributed by atoms with Gasteiger partial charge in [0, 0.05) is 42.1 Å². The number of aromatic nitrogens is 1. The number of alkyl carbamates (subject to hydrolysis) is 1. The molecule has 5 aliphatic rings. The van der Waals surface area contributed by atoms with Crippen molar-refractivity contribution in [2.45, 2.75) is 114 Å². The number of methoxy groups -OCH3 is 1. The fourth-order valence-corrected chi connectivity index (χ4v) is 10.7. The second-order valence-corrected chi connectivity index (χ2v) is 21.4. The number of carbonyl (C=O) groups is 4. The van der Waals surface area contributed by atoms with Crippen molar-refractivity contribution in [2.75, 3.05) is 44.9 Å². The van der Waals surface area contributed by atoms with E-state index in [0.717, 1.165) is 36.1 Å². The van der Waals surface area contributed by atoms with Gasteiger partial charge in [0.15, 0.2) is 0 Å². The first-order valence-corrected chi connectivity index (χ1v) is 24.4. The molecule has 16 nitrogen and oxygen atoms in total. The standard InChI is InChI=1S/C48H62N6O10S/c1-29-9-7-8-10-33-27-48(33,45(57)52-65(59,60)37-16-17-37)51-42(55)40-26-36(28-54(40)44(56)41(30(2)23-29)50-46(58)64-47(3,4)5)63-43-38-18-15-35(61-6)24-32(38)25-39(49-43)31-11-13-34(14-12-31)53-19-21-62-22-20-53/h8,10-15,18,24-25,29-30,33,36-37,40-41H,7,9,16-17,19-23,26-28H2,1-6H3,(H,50,58)(H,51,55)(H,52,57). The highest BCUT2D eigenvalue weighted by molar-refractivity contribution is 7.91. The van der Waals surface area contributed by atoms with E-state index < -0.39 is 74.3 Å². The molecule has 7 atom stereocenters. The first kappa shape index (κ1) is 46.1. The molecule has 4 heterocycles. The molecule has 1 aromatic heterocycles. The van der Waals surface area contributed by atoms with Gasteiger partial charge in [-0.2, -0.15) is 0 Å². The minimum atomic E-state index is -3.93. The lowest BCUT2D eigenvalue weighted by molar-refractivity contribution is -0.142. The van der Waals surface area contributed by atoms with Gasteiger partial charge in [0.25, 0.3) is 5.91 Å². The maximum atomic E-state index is 15.1. The summed E-state index contributed by atoms with van der Waals surface area (Å²) in [5.41, 5.74) is 0.187. The largest absolute Gasteiger partial charge is 0.497 e. The Morgan fingerprint density at radius 1 is 0.985 bits per heavy atom.